The molecular weight excluding hydrogens is 285 g/mol. The Labute approximate surface area is 119 Å². The van der Waals surface area contributed by atoms with Crippen molar-refractivity contribution in [3.8, 4) is 0 Å². The largest absolute Gasteiger partial charge is 0.350 e. The number of halogens is 2. The Bertz CT molecular complexity index is 725. The summed E-state index contributed by atoms with van der Waals surface area (Å²) in [6.07, 6.45) is 3.34. The summed E-state index contributed by atoms with van der Waals surface area (Å²) >= 11 is 11.8. The van der Waals surface area contributed by atoms with E-state index in [1.807, 2.05) is 12.1 Å². The zero-order valence-corrected chi connectivity index (χ0v) is 11.2. The molecule has 0 bridgehead atoms. The quantitative estimate of drug-likeness (QED) is 0.778. The van der Waals surface area contributed by atoms with Crippen molar-refractivity contribution in [1.82, 2.24) is 20.2 Å². The number of aromatic amines is 1. The number of rotatable bonds is 3. The fraction of sp³-hybridized carbons (Fsp3) is 0.0833. The highest BCUT2D eigenvalue weighted by Crippen LogP contribution is 2.22. The number of nitrogens with one attached hydrogen (secondary N) is 2. The molecule has 0 radical (unpaired) electrons. The zero-order valence-electron chi connectivity index (χ0n) is 9.69. The maximum absolute atomic E-state index is 5.96. The van der Waals surface area contributed by atoms with Crippen LogP contribution in [-0.4, -0.2) is 20.2 Å². The van der Waals surface area contributed by atoms with Gasteiger partial charge in [-0.1, -0.05) is 29.3 Å². The van der Waals surface area contributed by atoms with Crippen LogP contribution in [0.15, 0.2) is 30.6 Å². The van der Waals surface area contributed by atoms with E-state index in [1.54, 1.807) is 18.5 Å². The Morgan fingerprint density at radius 2 is 2.05 bits per heavy atom. The first-order chi connectivity index (χ1) is 9.22. The van der Waals surface area contributed by atoms with Crippen molar-refractivity contribution >= 4 is 40.2 Å². The summed E-state index contributed by atoms with van der Waals surface area (Å²) in [5.74, 6) is 0.542. The highest BCUT2D eigenvalue weighted by molar-refractivity contribution is 6.42. The molecule has 5 nitrogen and oxygen atoms in total. The van der Waals surface area contributed by atoms with Gasteiger partial charge in [-0.2, -0.15) is 5.10 Å². The molecule has 2 N–H and O–H groups in total. The van der Waals surface area contributed by atoms with Crippen LogP contribution in [0.25, 0.3) is 11.0 Å². The van der Waals surface area contributed by atoms with E-state index in [0.717, 1.165) is 16.6 Å². The maximum atomic E-state index is 5.96. The molecule has 0 amide bonds. The number of benzene rings is 1. The molecule has 96 valence electrons. The van der Waals surface area contributed by atoms with Crippen molar-refractivity contribution in [1.29, 1.82) is 0 Å². The van der Waals surface area contributed by atoms with Crippen molar-refractivity contribution < 1.29 is 0 Å². The monoisotopic (exact) mass is 293 g/mol. The number of hydrogen-bond acceptors (Lipinski definition) is 4. The number of H-pyrrole nitrogens is 1. The summed E-state index contributed by atoms with van der Waals surface area (Å²) in [5, 5.41) is 10.9. The molecule has 3 rings (SSSR count). The van der Waals surface area contributed by atoms with Crippen LogP contribution >= 0.6 is 23.2 Å². The lowest BCUT2D eigenvalue weighted by Gasteiger charge is -2.05. The topological polar surface area (TPSA) is 66.5 Å². The fourth-order valence-corrected chi connectivity index (χ4v) is 1.98. The minimum absolute atomic E-state index is 0.534. The Morgan fingerprint density at radius 3 is 2.89 bits per heavy atom. The molecule has 0 aliphatic heterocycles. The standard InChI is InChI=1S/C12H9Cl2N5/c13-8-2-1-7(3-9(8)14)4-15-12-16-5-11-10(18-12)6-17-19-11/h1-3,5-6H,4H2,(H,17,19)(H,15,16,18). The van der Waals surface area contributed by atoms with Crippen LogP contribution in [0, 0.1) is 0 Å². The molecule has 19 heavy (non-hydrogen) atoms. The molecule has 1 aromatic carbocycles. The third kappa shape index (κ3) is 2.62. The number of nitrogens with zero attached hydrogens (tertiary/aromatic N) is 3. The summed E-state index contributed by atoms with van der Waals surface area (Å²) in [4.78, 5) is 8.50. The SMILES string of the molecule is Clc1ccc(CNc2ncc3[nH]ncc3n2)cc1Cl. The van der Waals surface area contributed by atoms with E-state index in [-0.39, 0.29) is 0 Å². The first-order valence-corrected chi connectivity index (χ1v) is 6.32. The Hall–Kier alpha value is -1.85. The van der Waals surface area contributed by atoms with Gasteiger partial charge in [-0.3, -0.25) is 5.10 Å². The van der Waals surface area contributed by atoms with Crippen LogP contribution in [-0.2, 0) is 6.54 Å². The lowest BCUT2D eigenvalue weighted by atomic mass is 10.2. The fourth-order valence-electron chi connectivity index (χ4n) is 1.66. The molecule has 0 spiro atoms. The van der Waals surface area contributed by atoms with Crippen LogP contribution in [0.5, 0.6) is 0 Å². The molecule has 0 saturated carbocycles. The van der Waals surface area contributed by atoms with Gasteiger partial charge < -0.3 is 5.32 Å². The van der Waals surface area contributed by atoms with E-state index in [9.17, 15) is 0 Å². The van der Waals surface area contributed by atoms with Crippen LogP contribution in [0.4, 0.5) is 5.95 Å². The Morgan fingerprint density at radius 1 is 1.16 bits per heavy atom. The van der Waals surface area contributed by atoms with Gasteiger partial charge in [0.2, 0.25) is 5.95 Å². The minimum Gasteiger partial charge on any atom is -0.350 e. The molecular formula is C12H9Cl2N5. The van der Waals surface area contributed by atoms with Gasteiger partial charge in [-0.05, 0) is 17.7 Å². The molecule has 2 aromatic heterocycles. The van der Waals surface area contributed by atoms with Gasteiger partial charge in [0.15, 0.2) is 0 Å². The molecule has 0 fully saturated rings. The molecule has 0 aliphatic carbocycles. The maximum Gasteiger partial charge on any atom is 0.223 e. The lowest BCUT2D eigenvalue weighted by molar-refractivity contribution is 1.07. The highest BCUT2D eigenvalue weighted by Gasteiger charge is 2.03. The van der Waals surface area contributed by atoms with E-state index in [0.29, 0.717) is 22.5 Å². The van der Waals surface area contributed by atoms with Gasteiger partial charge in [0.25, 0.3) is 0 Å². The minimum atomic E-state index is 0.534. The van der Waals surface area contributed by atoms with Gasteiger partial charge in [0.05, 0.1) is 22.4 Å². The van der Waals surface area contributed by atoms with Gasteiger partial charge >= 0.3 is 0 Å². The molecule has 0 aliphatic rings. The predicted molar refractivity (Wildman–Crippen MR) is 75.5 cm³/mol. The second-order valence-corrected chi connectivity index (χ2v) is 4.78. The van der Waals surface area contributed by atoms with Gasteiger partial charge in [0.1, 0.15) is 11.0 Å². The second-order valence-electron chi connectivity index (χ2n) is 3.96. The average molecular weight is 294 g/mol. The van der Waals surface area contributed by atoms with Crippen LogP contribution < -0.4 is 5.32 Å². The van der Waals surface area contributed by atoms with Crippen LogP contribution in [0.1, 0.15) is 5.56 Å². The van der Waals surface area contributed by atoms with Crippen LogP contribution in [0.2, 0.25) is 10.0 Å². The zero-order chi connectivity index (χ0) is 13.2. The van der Waals surface area contributed by atoms with E-state index >= 15 is 0 Å². The first-order valence-electron chi connectivity index (χ1n) is 5.56. The van der Waals surface area contributed by atoms with Crippen molar-refractivity contribution in [2.45, 2.75) is 6.54 Å². The van der Waals surface area contributed by atoms with E-state index in [2.05, 4.69) is 25.5 Å². The Kier molecular flexibility index (Phi) is 3.23. The molecule has 0 atom stereocenters. The third-order valence-electron chi connectivity index (χ3n) is 2.62. The molecule has 7 heteroatoms. The van der Waals surface area contributed by atoms with Gasteiger partial charge in [-0.15, -0.1) is 0 Å². The Balaban J connectivity index is 1.75. The van der Waals surface area contributed by atoms with Gasteiger partial charge in [-0.25, -0.2) is 9.97 Å². The number of anilines is 1. The molecule has 0 unspecified atom stereocenters. The summed E-state index contributed by atoms with van der Waals surface area (Å²) in [5.41, 5.74) is 2.58. The molecule has 3 aromatic rings. The number of fused-ring (bicyclic) bond motifs is 1. The van der Waals surface area contributed by atoms with Crippen molar-refractivity contribution in [2.24, 2.45) is 0 Å². The summed E-state index contributed by atoms with van der Waals surface area (Å²) < 4.78 is 0. The van der Waals surface area contributed by atoms with E-state index in [1.165, 1.54) is 0 Å². The summed E-state index contributed by atoms with van der Waals surface area (Å²) in [7, 11) is 0. The molecule has 0 saturated heterocycles. The molecule has 2 heterocycles. The summed E-state index contributed by atoms with van der Waals surface area (Å²) in [6.45, 7) is 0.570. The predicted octanol–water partition coefficient (Wildman–Crippen LogP) is 3.27. The highest BCUT2D eigenvalue weighted by atomic mass is 35.5. The second kappa shape index (κ2) is 5.03. The van der Waals surface area contributed by atoms with Crippen molar-refractivity contribution in [2.75, 3.05) is 5.32 Å². The number of aromatic nitrogens is 4. The third-order valence-corrected chi connectivity index (χ3v) is 3.36. The van der Waals surface area contributed by atoms with Gasteiger partial charge in [0, 0.05) is 6.54 Å². The number of hydrogen-bond donors (Lipinski definition) is 2. The van der Waals surface area contributed by atoms with E-state index in [4.69, 9.17) is 23.2 Å². The smallest absolute Gasteiger partial charge is 0.223 e. The normalized spacial score (nSPS) is 10.8. The van der Waals surface area contributed by atoms with E-state index < -0.39 is 0 Å². The average Bonchev–Trinajstić information content (AvgIpc) is 2.87. The lowest BCUT2D eigenvalue weighted by Crippen LogP contribution is -2.03. The van der Waals surface area contributed by atoms with Crippen molar-refractivity contribution in [3.05, 3.63) is 46.2 Å². The van der Waals surface area contributed by atoms with Crippen molar-refractivity contribution in [3.63, 3.8) is 0 Å². The first kappa shape index (κ1) is 12.2. The summed E-state index contributed by atoms with van der Waals surface area (Å²) in [6, 6.07) is 5.48. The van der Waals surface area contributed by atoms with Crippen LogP contribution in [0.3, 0.4) is 0 Å².